The lowest BCUT2D eigenvalue weighted by atomic mass is 10.2. The molecular formula is C19H16N6O2. The van der Waals surface area contributed by atoms with E-state index >= 15 is 0 Å². The van der Waals surface area contributed by atoms with Crippen LogP contribution in [0.15, 0.2) is 55.2 Å². The number of nitrogens with zero attached hydrogens (tertiary/aromatic N) is 4. The van der Waals surface area contributed by atoms with Gasteiger partial charge in [-0.05, 0) is 25.1 Å². The number of hydrogen-bond donors (Lipinski definition) is 2. The van der Waals surface area contributed by atoms with Crippen molar-refractivity contribution < 1.29 is 9.53 Å². The summed E-state index contributed by atoms with van der Waals surface area (Å²) >= 11 is 0. The zero-order valence-corrected chi connectivity index (χ0v) is 14.5. The van der Waals surface area contributed by atoms with Gasteiger partial charge in [0.15, 0.2) is 5.65 Å². The maximum Gasteiger partial charge on any atom is 0.258 e. The van der Waals surface area contributed by atoms with Crippen molar-refractivity contribution in [3.05, 3.63) is 60.8 Å². The molecule has 1 amide bonds. The van der Waals surface area contributed by atoms with Gasteiger partial charge in [-0.2, -0.15) is 0 Å². The first-order valence-electron chi connectivity index (χ1n) is 8.39. The maximum atomic E-state index is 12.8. The van der Waals surface area contributed by atoms with E-state index in [0.717, 1.165) is 5.56 Å². The molecule has 4 aromatic rings. The van der Waals surface area contributed by atoms with Gasteiger partial charge in [0, 0.05) is 36.4 Å². The van der Waals surface area contributed by atoms with E-state index in [1.165, 1.54) is 0 Å². The summed E-state index contributed by atoms with van der Waals surface area (Å²) in [5.41, 5.74) is 2.79. The molecule has 0 saturated carbocycles. The molecule has 0 atom stereocenters. The fourth-order valence-corrected chi connectivity index (χ4v) is 2.69. The zero-order valence-electron chi connectivity index (χ0n) is 14.5. The molecule has 134 valence electrons. The Morgan fingerprint density at radius 2 is 1.93 bits per heavy atom. The standard InChI is InChI=1S/C19H16N6O2/c1-2-27-15-6-9-21-11-14(15)23-19(26)13-5-10-22-18-16(13)24-17(25-18)12-3-7-20-8-4-12/h3-11H,2H2,1H3,(H,23,26)(H,22,24,25). The number of amides is 1. The van der Waals surface area contributed by atoms with Crippen LogP contribution in [0.1, 0.15) is 17.3 Å². The van der Waals surface area contributed by atoms with E-state index in [-0.39, 0.29) is 5.91 Å². The van der Waals surface area contributed by atoms with Crippen LogP contribution in [-0.2, 0) is 0 Å². The number of rotatable bonds is 5. The van der Waals surface area contributed by atoms with Crippen molar-refractivity contribution in [3.63, 3.8) is 0 Å². The van der Waals surface area contributed by atoms with Gasteiger partial charge in [-0.3, -0.25) is 14.8 Å². The number of anilines is 1. The van der Waals surface area contributed by atoms with E-state index in [9.17, 15) is 4.79 Å². The van der Waals surface area contributed by atoms with Crippen molar-refractivity contribution in [1.29, 1.82) is 0 Å². The van der Waals surface area contributed by atoms with Crippen LogP contribution in [0, 0.1) is 0 Å². The Hall–Kier alpha value is -3.81. The summed E-state index contributed by atoms with van der Waals surface area (Å²) in [6.45, 7) is 2.36. The first kappa shape index (κ1) is 16.6. The molecule has 4 rings (SSSR count). The van der Waals surface area contributed by atoms with E-state index in [2.05, 4.69) is 30.2 Å². The summed E-state index contributed by atoms with van der Waals surface area (Å²) < 4.78 is 5.53. The van der Waals surface area contributed by atoms with Gasteiger partial charge >= 0.3 is 0 Å². The molecule has 27 heavy (non-hydrogen) atoms. The molecule has 0 aliphatic rings. The molecular weight excluding hydrogens is 344 g/mol. The summed E-state index contributed by atoms with van der Waals surface area (Å²) in [6, 6.07) is 7.01. The number of fused-ring (bicyclic) bond motifs is 1. The lowest BCUT2D eigenvalue weighted by Crippen LogP contribution is -2.14. The third-order valence-corrected chi connectivity index (χ3v) is 3.91. The predicted octanol–water partition coefficient (Wildman–Crippen LogP) is 3.07. The summed E-state index contributed by atoms with van der Waals surface area (Å²) in [4.78, 5) is 32.9. The SMILES string of the molecule is CCOc1ccncc1NC(=O)c1ccnc2[nH]c(-c3ccncc3)nc12. The van der Waals surface area contributed by atoms with Crippen LogP contribution in [0.3, 0.4) is 0 Å². The average molecular weight is 360 g/mol. The molecule has 0 radical (unpaired) electrons. The summed E-state index contributed by atoms with van der Waals surface area (Å²) in [5.74, 6) is 0.867. The van der Waals surface area contributed by atoms with Crippen molar-refractivity contribution in [1.82, 2.24) is 24.9 Å². The third-order valence-electron chi connectivity index (χ3n) is 3.91. The highest BCUT2D eigenvalue weighted by Crippen LogP contribution is 2.25. The topological polar surface area (TPSA) is 106 Å². The van der Waals surface area contributed by atoms with E-state index in [1.807, 2.05) is 19.1 Å². The quantitative estimate of drug-likeness (QED) is 0.567. The van der Waals surface area contributed by atoms with Gasteiger partial charge in [0.25, 0.3) is 5.91 Å². The second-order valence-corrected chi connectivity index (χ2v) is 5.64. The molecule has 0 fully saturated rings. The van der Waals surface area contributed by atoms with Crippen LogP contribution < -0.4 is 10.1 Å². The number of ether oxygens (including phenoxy) is 1. The van der Waals surface area contributed by atoms with Crippen molar-refractivity contribution >= 4 is 22.8 Å². The number of pyridine rings is 3. The van der Waals surface area contributed by atoms with Gasteiger partial charge < -0.3 is 15.0 Å². The number of imidazole rings is 1. The highest BCUT2D eigenvalue weighted by molar-refractivity contribution is 6.11. The Balaban J connectivity index is 1.69. The second-order valence-electron chi connectivity index (χ2n) is 5.64. The zero-order chi connectivity index (χ0) is 18.6. The smallest absolute Gasteiger partial charge is 0.258 e. The van der Waals surface area contributed by atoms with Crippen LogP contribution in [0.2, 0.25) is 0 Å². The number of carbonyl (C=O) groups is 1. The van der Waals surface area contributed by atoms with Crippen LogP contribution in [-0.4, -0.2) is 37.4 Å². The van der Waals surface area contributed by atoms with Crippen molar-refractivity contribution in [2.24, 2.45) is 0 Å². The predicted molar refractivity (Wildman–Crippen MR) is 100 cm³/mol. The van der Waals surface area contributed by atoms with Crippen LogP contribution in [0.5, 0.6) is 5.75 Å². The monoisotopic (exact) mass is 360 g/mol. The fourth-order valence-electron chi connectivity index (χ4n) is 2.69. The van der Waals surface area contributed by atoms with E-state index in [0.29, 0.717) is 40.6 Å². The molecule has 0 aromatic carbocycles. The minimum absolute atomic E-state index is 0.316. The normalized spacial score (nSPS) is 10.7. The van der Waals surface area contributed by atoms with Crippen molar-refractivity contribution in [2.75, 3.05) is 11.9 Å². The first-order chi connectivity index (χ1) is 13.3. The van der Waals surface area contributed by atoms with Gasteiger partial charge in [0.05, 0.1) is 18.4 Å². The average Bonchev–Trinajstić information content (AvgIpc) is 3.14. The number of nitrogens with one attached hydrogen (secondary N) is 2. The highest BCUT2D eigenvalue weighted by atomic mass is 16.5. The van der Waals surface area contributed by atoms with Gasteiger partial charge in [-0.15, -0.1) is 0 Å². The molecule has 0 aliphatic carbocycles. The molecule has 2 N–H and O–H groups in total. The minimum Gasteiger partial charge on any atom is -0.492 e. The molecule has 8 nitrogen and oxygen atoms in total. The lowest BCUT2D eigenvalue weighted by molar-refractivity contribution is 0.102. The number of aromatic nitrogens is 5. The molecule has 0 bridgehead atoms. The lowest BCUT2D eigenvalue weighted by Gasteiger charge is -2.10. The Labute approximate surface area is 154 Å². The molecule has 4 aromatic heterocycles. The van der Waals surface area contributed by atoms with Crippen molar-refractivity contribution in [3.8, 4) is 17.1 Å². The first-order valence-corrected chi connectivity index (χ1v) is 8.39. The number of hydrogen-bond acceptors (Lipinski definition) is 6. The van der Waals surface area contributed by atoms with Gasteiger partial charge in [-0.25, -0.2) is 9.97 Å². The number of aromatic amines is 1. The Morgan fingerprint density at radius 1 is 1.11 bits per heavy atom. The van der Waals surface area contributed by atoms with Crippen LogP contribution in [0.4, 0.5) is 5.69 Å². The molecule has 4 heterocycles. The summed E-state index contributed by atoms with van der Waals surface area (Å²) in [7, 11) is 0. The van der Waals surface area contributed by atoms with Gasteiger partial charge in [-0.1, -0.05) is 0 Å². The Morgan fingerprint density at radius 3 is 2.74 bits per heavy atom. The maximum absolute atomic E-state index is 12.8. The number of carbonyl (C=O) groups excluding carboxylic acids is 1. The molecule has 0 spiro atoms. The largest absolute Gasteiger partial charge is 0.492 e. The fraction of sp³-hybridized carbons (Fsp3) is 0.105. The van der Waals surface area contributed by atoms with Crippen LogP contribution in [0.25, 0.3) is 22.6 Å². The van der Waals surface area contributed by atoms with Crippen molar-refractivity contribution in [2.45, 2.75) is 6.92 Å². The highest BCUT2D eigenvalue weighted by Gasteiger charge is 2.17. The molecule has 0 aliphatic heterocycles. The van der Waals surface area contributed by atoms with Gasteiger partial charge in [0.2, 0.25) is 0 Å². The molecule has 0 unspecified atom stereocenters. The number of H-pyrrole nitrogens is 1. The second kappa shape index (κ2) is 7.20. The molecule has 8 heteroatoms. The van der Waals surface area contributed by atoms with E-state index in [1.54, 1.807) is 43.1 Å². The molecule has 0 saturated heterocycles. The summed E-state index contributed by atoms with van der Waals surface area (Å²) in [6.07, 6.45) is 8.09. The Bertz CT molecular complexity index is 1090. The van der Waals surface area contributed by atoms with Crippen LogP contribution >= 0.6 is 0 Å². The summed E-state index contributed by atoms with van der Waals surface area (Å²) in [5, 5.41) is 2.83. The minimum atomic E-state index is -0.316. The van der Waals surface area contributed by atoms with Gasteiger partial charge in [0.1, 0.15) is 22.8 Å². The Kier molecular flexibility index (Phi) is 4.44. The van der Waals surface area contributed by atoms with E-state index < -0.39 is 0 Å². The van der Waals surface area contributed by atoms with E-state index in [4.69, 9.17) is 4.74 Å². The third kappa shape index (κ3) is 3.32.